The van der Waals surface area contributed by atoms with E-state index in [0.717, 1.165) is 31.8 Å². The number of hydrogen-bond acceptors (Lipinski definition) is 7. The number of morpholine rings is 1. The highest BCUT2D eigenvalue weighted by Gasteiger charge is 2.31. The first-order valence-electron chi connectivity index (χ1n) is 7.50. The van der Waals surface area contributed by atoms with E-state index < -0.39 is 0 Å². The Morgan fingerprint density at radius 3 is 3.09 bits per heavy atom. The summed E-state index contributed by atoms with van der Waals surface area (Å²) in [4.78, 5) is 23.6. The van der Waals surface area contributed by atoms with Crippen molar-refractivity contribution in [1.29, 1.82) is 0 Å². The van der Waals surface area contributed by atoms with Gasteiger partial charge < -0.3 is 14.9 Å². The number of hydrogen-bond donors (Lipinski definition) is 2. The molecule has 1 aromatic rings. The monoisotopic (exact) mass is 308 g/mol. The third kappa shape index (κ3) is 3.80. The van der Waals surface area contributed by atoms with Crippen LogP contribution in [0.1, 0.15) is 18.7 Å². The zero-order valence-electron chi connectivity index (χ0n) is 12.3. The lowest BCUT2D eigenvalue weighted by Gasteiger charge is -2.29. The number of aromatic amines is 1. The molecule has 120 valence electrons. The Kier molecular flexibility index (Phi) is 4.96. The lowest BCUT2D eigenvalue weighted by molar-refractivity contribution is -0.114. The van der Waals surface area contributed by atoms with Gasteiger partial charge in [0.1, 0.15) is 17.9 Å². The molecule has 1 atom stereocenters. The second-order valence-electron chi connectivity index (χ2n) is 5.24. The molecule has 0 radical (unpaired) electrons. The number of aryl methyl sites for hydroxylation is 1. The SMILES string of the molecule is O=C(NCCCc1ncn[nH]1)C1=NOC(N2CCOCC2)C1. The van der Waals surface area contributed by atoms with E-state index in [9.17, 15) is 4.79 Å². The van der Waals surface area contributed by atoms with Gasteiger partial charge in [-0.25, -0.2) is 4.98 Å². The van der Waals surface area contributed by atoms with E-state index in [1.165, 1.54) is 6.33 Å². The average molecular weight is 308 g/mol. The third-order valence-electron chi connectivity index (χ3n) is 3.71. The molecule has 1 saturated heterocycles. The third-order valence-corrected chi connectivity index (χ3v) is 3.71. The van der Waals surface area contributed by atoms with Gasteiger partial charge in [-0.3, -0.25) is 14.8 Å². The molecule has 0 aliphatic carbocycles. The smallest absolute Gasteiger partial charge is 0.269 e. The van der Waals surface area contributed by atoms with Crippen LogP contribution in [0.5, 0.6) is 0 Å². The van der Waals surface area contributed by atoms with Gasteiger partial charge in [-0.05, 0) is 6.42 Å². The van der Waals surface area contributed by atoms with Crippen LogP contribution in [-0.2, 0) is 20.8 Å². The lowest BCUT2D eigenvalue weighted by atomic mass is 10.2. The number of amides is 1. The summed E-state index contributed by atoms with van der Waals surface area (Å²) in [7, 11) is 0. The zero-order valence-corrected chi connectivity index (χ0v) is 12.3. The van der Waals surface area contributed by atoms with Crippen LogP contribution >= 0.6 is 0 Å². The first kappa shape index (κ1) is 14.9. The summed E-state index contributed by atoms with van der Waals surface area (Å²) in [6.07, 6.45) is 3.40. The highest BCUT2D eigenvalue weighted by atomic mass is 16.7. The van der Waals surface area contributed by atoms with E-state index in [2.05, 4.69) is 30.6 Å². The van der Waals surface area contributed by atoms with E-state index in [4.69, 9.17) is 9.57 Å². The molecule has 9 nitrogen and oxygen atoms in total. The Morgan fingerprint density at radius 1 is 1.45 bits per heavy atom. The van der Waals surface area contributed by atoms with Crippen molar-refractivity contribution in [2.24, 2.45) is 5.16 Å². The summed E-state index contributed by atoms with van der Waals surface area (Å²) in [5, 5.41) is 13.3. The van der Waals surface area contributed by atoms with Gasteiger partial charge >= 0.3 is 0 Å². The fraction of sp³-hybridized carbons (Fsp3) is 0.692. The Balaban J connectivity index is 1.36. The van der Waals surface area contributed by atoms with Crippen molar-refractivity contribution >= 4 is 11.6 Å². The van der Waals surface area contributed by atoms with Gasteiger partial charge in [0.15, 0.2) is 6.23 Å². The van der Waals surface area contributed by atoms with E-state index in [-0.39, 0.29) is 12.1 Å². The molecule has 3 rings (SSSR count). The number of carbonyl (C=O) groups excluding carboxylic acids is 1. The van der Waals surface area contributed by atoms with E-state index in [0.29, 0.717) is 31.9 Å². The minimum absolute atomic E-state index is 0.140. The van der Waals surface area contributed by atoms with Gasteiger partial charge in [0.25, 0.3) is 5.91 Å². The van der Waals surface area contributed by atoms with Crippen molar-refractivity contribution in [3.63, 3.8) is 0 Å². The van der Waals surface area contributed by atoms with Crippen LogP contribution in [0.2, 0.25) is 0 Å². The maximum Gasteiger partial charge on any atom is 0.269 e. The molecule has 0 saturated carbocycles. The summed E-state index contributed by atoms with van der Waals surface area (Å²) in [5.74, 6) is 0.663. The average Bonchev–Trinajstić information content (AvgIpc) is 3.24. The second-order valence-corrected chi connectivity index (χ2v) is 5.24. The van der Waals surface area contributed by atoms with Gasteiger partial charge in [-0.2, -0.15) is 5.10 Å². The van der Waals surface area contributed by atoms with Gasteiger partial charge in [0, 0.05) is 26.1 Å². The molecule has 2 aliphatic rings. The number of H-pyrrole nitrogens is 1. The van der Waals surface area contributed by atoms with Gasteiger partial charge in [0.2, 0.25) is 0 Å². The van der Waals surface area contributed by atoms with E-state index in [1.54, 1.807) is 0 Å². The van der Waals surface area contributed by atoms with Crippen LogP contribution in [-0.4, -0.2) is 70.8 Å². The summed E-state index contributed by atoms with van der Waals surface area (Å²) < 4.78 is 5.30. The standard InChI is InChI=1S/C13H20N6O3/c20-13(14-3-1-2-11-15-9-16-17-11)10-8-12(22-18-10)19-4-6-21-7-5-19/h9,12H,1-8H2,(H,14,20)(H,15,16,17). The minimum Gasteiger partial charge on any atom is -0.379 e. The molecule has 9 heteroatoms. The Labute approximate surface area is 128 Å². The predicted octanol–water partition coefficient (Wildman–Crippen LogP) is -0.712. The number of carbonyl (C=O) groups is 1. The molecule has 1 aromatic heterocycles. The lowest BCUT2D eigenvalue weighted by Crippen LogP contribution is -2.44. The molecule has 1 unspecified atom stereocenters. The molecule has 3 heterocycles. The molecule has 1 amide bonds. The van der Waals surface area contributed by atoms with Crippen molar-refractivity contribution in [2.75, 3.05) is 32.8 Å². The molecule has 2 aliphatic heterocycles. The zero-order chi connectivity index (χ0) is 15.2. The maximum atomic E-state index is 12.0. The number of rotatable bonds is 6. The molecular weight excluding hydrogens is 288 g/mol. The topological polar surface area (TPSA) is 105 Å². The van der Waals surface area contributed by atoms with Crippen molar-refractivity contribution in [1.82, 2.24) is 25.4 Å². The maximum absolute atomic E-state index is 12.0. The highest BCUT2D eigenvalue weighted by molar-refractivity contribution is 6.39. The van der Waals surface area contributed by atoms with Gasteiger partial charge in [-0.15, -0.1) is 0 Å². The number of ether oxygens (including phenoxy) is 1. The molecule has 2 N–H and O–H groups in total. The predicted molar refractivity (Wildman–Crippen MR) is 77.0 cm³/mol. The van der Waals surface area contributed by atoms with Crippen LogP contribution in [0.15, 0.2) is 11.5 Å². The molecule has 0 aromatic carbocycles. The Hall–Kier alpha value is -2.00. The Morgan fingerprint density at radius 2 is 2.32 bits per heavy atom. The second kappa shape index (κ2) is 7.32. The largest absolute Gasteiger partial charge is 0.379 e. The van der Waals surface area contributed by atoms with Crippen LogP contribution < -0.4 is 5.32 Å². The Bertz CT molecular complexity index is 512. The van der Waals surface area contributed by atoms with Gasteiger partial charge in [-0.1, -0.05) is 5.16 Å². The quantitative estimate of drug-likeness (QED) is 0.673. The van der Waals surface area contributed by atoms with Crippen LogP contribution in [0.25, 0.3) is 0 Å². The molecule has 1 fully saturated rings. The minimum atomic E-state index is -0.159. The summed E-state index contributed by atoms with van der Waals surface area (Å²) in [6, 6.07) is 0. The highest BCUT2D eigenvalue weighted by Crippen LogP contribution is 2.16. The van der Waals surface area contributed by atoms with Gasteiger partial charge in [0.05, 0.1) is 19.6 Å². The summed E-state index contributed by atoms with van der Waals surface area (Å²) in [6.45, 7) is 3.59. The first-order valence-corrected chi connectivity index (χ1v) is 7.50. The normalized spacial score (nSPS) is 22.2. The molecule has 0 bridgehead atoms. The van der Waals surface area contributed by atoms with Crippen molar-refractivity contribution < 1.29 is 14.4 Å². The van der Waals surface area contributed by atoms with Crippen LogP contribution in [0.4, 0.5) is 0 Å². The number of oxime groups is 1. The molecule has 0 spiro atoms. The van der Waals surface area contributed by atoms with Crippen LogP contribution in [0, 0.1) is 0 Å². The summed E-state index contributed by atoms with van der Waals surface area (Å²) in [5.41, 5.74) is 0.455. The van der Waals surface area contributed by atoms with Crippen molar-refractivity contribution in [3.8, 4) is 0 Å². The fourth-order valence-corrected chi connectivity index (χ4v) is 2.47. The number of aromatic nitrogens is 3. The molecular formula is C13H20N6O3. The first-order chi connectivity index (χ1) is 10.8. The van der Waals surface area contributed by atoms with Crippen LogP contribution in [0.3, 0.4) is 0 Å². The summed E-state index contributed by atoms with van der Waals surface area (Å²) >= 11 is 0. The fourth-order valence-electron chi connectivity index (χ4n) is 2.47. The molecule has 22 heavy (non-hydrogen) atoms. The number of nitrogens with one attached hydrogen (secondary N) is 2. The van der Waals surface area contributed by atoms with E-state index in [1.807, 2.05) is 0 Å². The van der Waals surface area contributed by atoms with E-state index >= 15 is 0 Å². The number of nitrogens with zero attached hydrogens (tertiary/aromatic N) is 4. The van der Waals surface area contributed by atoms with Crippen molar-refractivity contribution in [2.45, 2.75) is 25.5 Å². The van der Waals surface area contributed by atoms with Crippen molar-refractivity contribution in [3.05, 3.63) is 12.2 Å².